The number of hydrogen-bond donors (Lipinski definition) is 1. The second-order valence-corrected chi connectivity index (χ2v) is 6.51. The first-order valence-corrected chi connectivity index (χ1v) is 8.68. The molecule has 0 unspecified atom stereocenters. The van der Waals surface area contributed by atoms with Crippen LogP contribution in [0.2, 0.25) is 0 Å². The normalized spacial score (nSPS) is 15.4. The monoisotopic (exact) mass is 382 g/mol. The Labute approximate surface area is 155 Å². The van der Waals surface area contributed by atoms with Crippen molar-refractivity contribution >= 4 is 47.2 Å². The maximum Gasteiger partial charge on any atom is 0.230 e. The minimum Gasteiger partial charge on any atom is -0.346 e. The molecule has 0 aromatic carbocycles. The third kappa shape index (κ3) is 4.95. The van der Waals surface area contributed by atoms with Gasteiger partial charge in [-0.05, 0) is 19.3 Å². The second kappa shape index (κ2) is 10.3. The molecule has 23 heavy (non-hydrogen) atoms. The van der Waals surface area contributed by atoms with Gasteiger partial charge in [0.05, 0.1) is 5.41 Å². The Morgan fingerprint density at radius 3 is 2.48 bits per heavy atom. The van der Waals surface area contributed by atoms with Gasteiger partial charge in [0.25, 0.3) is 0 Å². The topological polar surface area (TPSA) is 62.5 Å². The maximum atomic E-state index is 12.9. The van der Waals surface area contributed by atoms with Crippen LogP contribution >= 0.6 is 36.2 Å². The lowest BCUT2D eigenvalue weighted by atomic mass is 9.81. The van der Waals surface area contributed by atoms with E-state index in [1.165, 1.54) is 0 Å². The van der Waals surface area contributed by atoms with Gasteiger partial charge in [0.15, 0.2) is 5.13 Å². The van der Waals surface area contributed by atoms with Crippen molar-refractivity contribution in [3.05, 3.63) is 11.6 Å². The predicted octanol–water partition coefficient (Wildman–Crippen LogP) is 2.79. The van der Waals surface area contributed by atoms with Gasteiger partial charge in [-0.2, -0.15) is 0 Å². The van der Waals surface area contributed by atoms with Crippen LogP contribution in [0.15, 0.2) is 11.6 Å². The summed E-state index contributed by atoms with van der Waals surface area (Å²) >= 11 is 1.66. The van der Waals surface area contributed by atoms with E-state index in [9.17, 15) is 4.79 Å². The minimum absolute atomic E-state index is 0. The predicted molar refractivity (Wildman–Crippen MR) is 102 cm³/mol. The lowest BCUT2D eigenvalue weighted by molar-refractivity contribution is -0.142. The van der Waals surface area contributed by atoms with E-state index in [0.29, 0.717) is 6.54 Å². The summed E-state index contributed by atoms with van der Waals surface area (Å²) in [7, 11) is 0. The van der Waals surface area contributed by atoms with E-state index < -0.39 is 0 Å². The average molecular weight is 383 g/mol. The van der Waals surface area contributed by atoms with Gasteiger partial charge in [0, 0.05) is 44.3 Å². The lowest BCUT2D eigenvalue weighted by Gasteiger charge is -2.34. The van der Waals surface area contributed by atoms with Crippen molar-refractivity contribution in [3.8, 4) is 0 Å². The number of carbonyl (C=O) groups is 1. The molecule has 8 heteroatoms. The van der Waals surface area contributed by atoms with Crippen LogP contribution in [0, 0.1) is 5.41 Å². The first-order valence-electron chi connectivity index (χ1n) is 7.80. The smallest absolute Gasteiger partial charge is 0.230 e. The number of hydrogen-bond acceptors (Lipinski definition) is 5. The number of nitrogens with zero attached hydrogens (tertiary/aromatic N) is 3. The van der Waals surface area contributed by atoms with E-state index in [1.807, 2.05) is 16.5 Å². The molecule has 2 N–H and O–H groups in total. The zero-order chi connectivity index (χ0) is 15.3. The standard InChI is InChI=1S/C15H26N4OS.2ClH/c1-3-15(4-2,12-16)13(20)18-7-5-8-19(10-9-18)14-17-6-11-21-14;;/h6,11H,3-5,7-10,12,16H2,1-2H3;2*1H. The highest BCUT2D eigenvalue weighted by molar-refractivity contribution is 7.13. The highest BCUT2D eigenvalue weighted by Gasteiger charge is 2.37. The third-order valence-corrected chi connectivity index (χ3v) is 5.50. The van der Waals surface area contributed by atoms with Crippen LogP contribution < -0.4 is 10.6 Å². The molecule has 1 amide bonds. The van der Waals surface area contributed by atoms with Crippen molar-refractivity contribution in [3.63, 3.8) is 0 Å². The Hall–Kier alpha value is -0.560. The summed E-state index contributed by atoms with van der Waals surface area (Å²) in [5.74, 6) is 0.232. The molecule has 0 saturated carbocycles. The van der Waals surface area contributed by atoms with Gasteiger partial charge in [0.2, 0.25) is 5.91 Å². The summed E-state index contributed by atoms with van der Waals surface area (Å²) in [6, 6.07) is 0. The van der Waals surface area contributed by atoms with Crippen LogP contribution in [0.5, 0.6) is 0 Å². The molecule has 1 aromatic rings. The fourth-order valence-electron chi connectivity index (χ4n) is 2.95. The van der Waals surface area contributed by atoms with E-state index in [2.05, 4.69) is 23.7 Å². The van der Waals surface area contributed by atoms with Crippen molar-refractivity contribution in [1.82, 2.24) is 9.88 Å². The number of rotatable bonds is 5. The van der Waals surface area contributed by atoms with E-state index in [0.717, 1.165) is 50.6 Å². The van der Waals surface area contributed by atoms with Crippen molar-refractivity contribution in [1.29, 1.82) is 0 Å². The Bertz CT molecular complexity index is 446. The van der Waals surface area contributed by atoms with Crippen LogP contribution in [-0.2, 0) is 4.79 Å². The highest BCUT2D eigenvalue weighted by atomic mass is 35.5. The zero-order valence-electron chi connectivity index (χ0n) is 13.9. The molecule has 1 saturated heterocycles. The van der Waals surface area contributed by atoms with E-state index >= 15 is 0 Å². The number of aromatic nitrogens is 1. The zero-order valence-corrected chi connectivity index (χ0v) is 16.3. The van der Waals surface area contributed by atoms with Gasteiger partial charge in [-0.3, -0.25) is 4.79 Å². The molecule has 134 valence electrons. The van der Waals surface area contributed by atoms with Gasteiger partial charge in [0.1, 0.15) is 0 Å². The molecule has 0 atom stereocenters. The molecule has 1 aliphatic heterocycles. The Kier molecular flexibility index (Phi) is 10.1. The fraction of sp³-hybridized carbons (Fsp3) is 0.733. The van der Waals surface area contributed by atoms with Gasteiger partial charge >= 0.3 is 0 Å². The van der Waals surface area contributed by atoms with Crippen LogP contribution in [0.3, 0.4) is 0 Å². The average Bonchev–Trinajstić information content (AvgIpc) is 2.94. The van der Waals surface area contributed by atoms with Crippen LogP contribution in [0.4, 0.5) is 5.13 Å². The molecule has 0 aliphatic carbocycles. The van der Waals surface area contributed by atoms with Gasteiger partial charge < -0.3 is 15.5 Å². The van der Waals surface area contributed by atoms with Crippen molar-refractivity contribution in [2.45, 2.75) is 33.1 Å². The van der Waals surface area contributed by atoms with Crippen molar-refractivity contribution in [2.75, 3.05) is 37.6 Å². The number of anilines is 1. The second-order valence-electron chi connectivity index (χ2n) is 5.64. The van der Waals surface area contributed by atoms with Crippen LogP contribution in [-0.4, -0.2) is 48.5 Å². The third-order valence-electron chi connectivity index (χ3n) is 4.67. The molecule has 2 heterocycles. The molecule has 2 rings (SSSR count). The Morgan fingerprint density at radius 1 is 1.26 bits per heavy atom. The largest absolute Gasteiger partial charge is 0.346 e. The summed E-state index contributed by atoms with van der Waals surface area (Å²) in [6.45, 7) is 7.97. The van der Waals surface area contributed by atoms with Crippen molar-refractivity contribution in [2.24, 2.45) is 11.1 Å². The number of thiazole rings is 1. The molecular weight excluding hydrogens is 355 g/mol. The van der Waals surface area contributed by atoms with Crippen molar-refractivity contribution < 1.29 is 4.79 Å². The number of amides is 1. The molecular formula is C15H28Cl2N4OS. The first kappa shape index (κ1) is 22.4. The SMILES string of the molecule is CCC(CC)(CN)C(=O)N1CCCN(c2nccs2)CC1.Cl.Cl. The highest BCUT2D eigenvalue weighted by Crippen LogP contribution is 2.28. The number of halogens is 2. The van der Waals surface area contributed by atoms with Gasteiger partial charge in [-0.1, -0.05) is 13.8 Å². The van der Waals surface area contributed by atoms with Gasteiger partial charge in [-0.25, -0.2) is 4.98 Å². The molecule has 0 radical (unpaired) electrons. The quantitative estimate of drug-likeness (QED) is 0.849. The van der Waals surface area contributed by atoms with E-state index in [1.54, 1.807) is 11.3 Å². The molecule has 0 bridgehead atoms. The summed E-state index contributed by atoms with van der Waals surface area (Å²) < 4.78 is 0. The fourth-order valence-corrected chi connectivity index (χ4v) is 3.64. The van der Waals surface area contributed by atoms with Gasteiger partial charge in [-0.15, -0.1) is 36.2 Å². The first-order chi connectivity index (χ1) is 10.2. The Balaban J connectivity index is 0.00000242. The molecule has 1 fully saturated rings. The van der Waals surface area contributed by atoms with E-state index in [-0.39, 0.29) is 36.1 Å². The summed E-state index contributed by atoms with van der Waals surface area (Å²) in [5.41, 5.74) is 5.54. The van der Waals surface area contributed by atoms with Crippen LogP contribution in [0.25, 0.3) is 0 Å². The molecule has 1 aromatic heterocycles. The molecule has 5 nitrogen and oxygen atoms in total. The Morgan fingerprint density at radius 2 is 1.96 bits per heavy atom. The molecule has 0 spiro atoms. The number of nitrogens with two attached hydrogens (primary N) is 1. The molecule has 1 aliphatic rings. The van der Waals surface area contributed by atoms with E-state index in [4.69, 9.17) is 5.73 Å². The lowest BCUT2D eigenvalue weighted by Crippen LogP contribution is -2.48. The number of carbonyl (C=O) groups excluding carboxylic acids is 1. The summed E-state index contributed by atoms with van der Waals surface area (Å²) in [4.78, 5) is 21.5. The maximum absolute atomic E-state index is 12.9. The van der Waals surface area contributed by atoms with Crippen LogP contribution in [0.1, 0.15) is 33.1 Å². The minimum atomic E-state index is -0.379. The summed E-state index contributed by atoms with van der Waals surface area (Å²) in [6.07, 6.45) is 4.44. The summed E-state index contributed by atoms with van der Waals surface area (Å²) in [5, 5.41) is 3.05.